The molecule has 1 heterocycles. The second-order valence-corrected chi connectivity index (χ2v) is 6.04. The summed E-state index contributed by atoms with van der Waals surface area (Å²) in [5, 5.41) is 0. The molecule has 2 nitrogen and oxygen atoms in total. The first-order valence-electron chi connectivity index (χ1n) is 7.24. The van der Waals surface area contributed by atoms with E-state index in [2.05, 4.69) is 32.7 Å². The van der Waals surface area contributed by atoms with Crippen LogP contribution in [0, 0.1) is 11.8 Å². The lowest BCUT2D eigenvalue weighted by atomic mass is 9.78. The minimum Gasteiger partial charge on any atom is -0.483 e. The molecule has 0 radical (unpaired) electrons. The molecule has 2 heteroatoms. The van der Waals surface area contributed by atoms with Crippen LogP contribution in [0.1, 0.15) is 66.2 Å². The fraction of sp³-hybridized carbons (Fsp3) is 0.933. The summed E-state index contributed by atoms with van der Waals surface area (Å²) in [5.41, 5.74) is 0.0549. The van der Waals surface area contributed by atoms with E-state index in [1.807, 2.05) is 0 Å². The highest BCUT2D eigenvalue weighted by molar-refractivity contribution is 5.47. The van der Waals surface area contributed by atoms with Gasteiger partial charge in [-0.3, -0.25) is 4.99 Å². The summed E-state index contributed by atoms with van der Waals surface area (Å²) in [7, 11) is 0. The highest BCUT2D eigenvalue weighted by Crippen LogP contribution is 2.33. The molecule has 2 atom stereocenters. The third-order valence-electron chi connectivity index (χ3n) is 3.80. The summed E-state index contributed by atoms with van der Waals surface area (Å²) in [4.78, 5) is 4.48. The number of hydrogen-bond donors (Lipinski definition) is 0. The second kappa shape index (κ2) is 7.03. The molecule has 0 aliphatic carbocycles. The smallest absolute Gasteiger partial charge is 0.169 e. The van der Waals surface area contributed by atoms with Crippen molar-refractivity contribution < 1.29 is 4.74 Å². The molecule has 1 rings (SSSR count). The molecule has 0 saturated heterocycles. The van der Waals surface area contributed by atoms with Crippen LogP contribution in [-0.4, -0.2) is 18.5 Å². The number of ether oxygens (including phenoxy) is 1. The van der Waals surface area contributed by atoms with Crippen molar-refractivity contribution in [3.63, 3.8) is 0 Å². The molecule has 0 fully saturated rings. The van der Waals surface area contributed by atoms with Gasteiger partial charge in [-0.2, -0.15) is 0 Å². The fourth-order valence-electron chi connectivity index (χ4n) is 2.86. The molecule has 0 aromatic rings. The Morgan fingerprint density at radius 3 is 2.71 bits per heavy atom. The highest BCUT2D eigenvalue weighted by atomic mass is 16.5. The number of nitrogens with zero attached hydrogens (tertiary/aromatic N) is 1. The molecular formula is C15H29NO. The van der Waals surface area contributed by atoms with Gasteiger partial charge in [-0.25, -0.2) is 0 Å². The van der Waals surface area contributed by atoms with E-state index in [0.29, 0.717) is 5.92 Å². The Morgan fingerprint density at radius 2 is 2.06 bits per heavy atom. The van der Waals surface area contributed by atoms with Crippen molar-refractivity contribution in [1.29, 1.82) is 0 Å². The number of aliphatic imine (C=N–C) groups is 1. The topological polar surface area (TPSA) is 21.6 Å². The molecule has 0 aromatic heterocycles. The minimum atomic E-state index is 0.0549. The van der Waals surface area contributed by atoms with Crippen molar-refractivity contribution >= 4 is 6.40 Å². The predicted molar refractivity (Wildman–Crippen MR) is 74.6 cm³/mol. The van der Waals surface area contributed by atoms with E-state index < -0.39 is 0 Å². The van der Waals surface area contributed by atoms with E-state index >= 15 is 0 Å². The van der Waals surface area contributed by atoms with Crippen LogP contribution in [0.2, 0.25) is 0 Å². The molecule has 100 valence electrons. The van der Waals surface area contributed by atoms with Crippen LogP contribution in [0.3, 0.4) is 0 Å². The van der Waals surface area contributed by atoms with Crippen LogP contribution in [-0.2, 0) is 4.74 Å². The first kappa shape index (κ1) is 14.5. The van der Waals surface area contributed by atoms with Gasteiger partial charge < -0.3 is 4.74 Å². The summed E-state index contributed by atoms with van der Waals surface area (Å²) in [6.45, 7) is 9.86. The Balaban J connectivity index is 2.59. The van der Waals surface area contributed by atoms with Gasteiger partial charge in [-0.05, 0) is 32.1 Å². The van der Waals surface area contributed by atoms with Crippen LogP contribution < -0.4 is 0 Å². The fourth-order valence-corrected chi connectivity index (χ4v) is 2.86. The predicted octanol–water partition coefficient (Wildman–Crippen LogP) is 4.44. The van der Waals surface area contributed by atoms with Crippen molar-refractivity contribution in [3.8, 4) is 0 Å². The largest absolute Gasteiger partial charge is 0.483 e. The van der Waals surface area contributed by atoms with Gasteiger partial charge in [0.15, 0.2) is 6.40 Å². The molecule has 0 bridgehead atoms. The lowest BCUT2D eigenvalue weighted by Gasteiger charge is -2.29. The van der Waals surface area contributed by atoms with E-state index in [9.17, 15) is 0 Å². The van der Waals surface area contributed by atoms with Crippen LogP contribution in [0.5, 0.6) is 0 Å². The van der Waals surface area contributed by atoms with Crippen LogP contribution >= 0.6 is 0 Å². The van der Waals surface area contributed by atoms with Gasteiger partial charge in [0, 0.05) is 0 Å². The third kappa shape index (κ3) is 5.10. The monoisotopic (exact) mass is 239 g/mol. The van der Waals surface area contributed by atoms with Crippen molar-refractivity contribution in [1.82, 2.24) is 0 Å². The van der Waals surface area contributed by atoms with Gasteiger partial charge in [-0.1, -0.05) is 46.0 Å². The Bertz CT molecular complexity index is 235. The molecule has 0 saturated carbocycles. The Kier molecular flexibility index (Phi) is 6.01. The Morgan fingerprint density at radius 1 is 1.29 bits per heavy atom. The van der Waals surface area contributed by atoms with Gasteiger partial charge in [0.25, 0.3) is 0 Å². The SMILES string of the molecule is CCCCC(CCC)C1COC=NC(C)(C)C1. The van der Waals surface area contributed by atoms with Crippen molar-refractivity contribution in [2.75, 3.05) is 6.61 Å². The standard InChI is InChI=1S/C15H29NO/c1-5-7-9-13(8-6-2)14-10-15(3,4)16-12-17-11-14/h12-14H,5-11H2,1-4H3. The van der Waals surface area contributed by atoms with Gasteiger partial charge in [0.1, 0.15) is 0 Å². The van der Waals surface area contributed by atoms with E-state index in [4.69, 9.17) is 4.74 Å². The van der Waals surface area contributed by atoms with Gasteiger partial charge in [-0.15, -0.1) is 0 Å². The maximum absolute atomic E-state index is 5.56. The molecule has 17 heavy (non-hydrogen) atoms. The number of hydrogen-bond acceptors (Lipinski definition) is 2. The zero-order chi connectivity index (χ0) is 12.7. The maximum Gasteiger partial charge on any atom is 0.169 e. The van der Waals surface area contributed by atoms with Gasteiger partial charge in [0.05, 0.1) is 12.1 Å². The van der Waals surface area contributed by atoms with Crippen molar-refractivity contribution in [3.05, 3.63) is 0 Å². The Hall–Kier alpha value is -0.530. The van der Waals surface area contributed by atoms with Crippen molar-refractivity contribution in [2.24, 2.45) is 16.8 Å². The van der Waals surface area contributed by atoms with E-state index in [1.54, 1.807) is 6.40 Å². The van der Waals surface area contributed by atoms with Crippen LogP contribution in [0.15, 0.2) is 4.99 Å². The zero-order valence-electron chi connectivity index (χ0n) is 12.0. The highest BCUT2D eigenvalue weighted by Gasteiger charge is 2.29. The molecule has 1 aliphatic heterocycles. The average Bonchev–Trinajstić information content (AvgIpc) is 2.45. The molecule has 1 aliphatic rings. The first-order valence-corrected chi connectivity index (χ1v) is 7.24. The normalized spacial score (nSPS) is 25.1. The van der Waals surface area contributed by atoms with Gasteiger partial charge >= 0.3 is 0 Å². The average molecular weight is 239 g/mol. The zero-order valence-corrected chi connectivity index (χ0v) is 12.0. The molecule has 0 amide bonds. The molecule has 0 N–H and O–H groups in total. The summed E-state index contributed by atoms with van der Waals surface area (Å²) in [6.07, 6.45) is 9.46. The summed E-state index contributed by atoms with van der Waals surface area (Å²) in [5.74, 6) is 1.50. The third-order valence-corrected chi connectivity index (χ3v) is 3.80. The van der Waals surface area contributed by atoms with Crippen LogP contribution in [0.25, 0.3) is 0 Å². The van der Waals surface area contributed by atoms with E-state index in [0.717, 1.165) is 18.9 Å². The van der Waals surface area contributed by atoms with Crippen LogP contribution in [0.4, 0.5) is 0 Å². The summed E-state index contributed by atoms with van der Waals surface area (Å²) >= 11 is 0. The van der Waals surface area contributed by atoms with Crippen molar-refractivity contribution in [2.45, 2.75) is 71.8 Å². The number of unbranched alkanes of at least 4 members (excludes halogenated alkanes) is 1. The molecular weight excluding hydrogens is 210 g/mol. The molecule has 2 unspecified atom stereocenters. The molecule has 0 spiro atoms. The van der Waals surface area contributed by atoms with Gasteiger partial charge in [0.2, 0.25) is 0 Å². The summed E-state index contributed by atoms with van der Waals surface area (Å²) in [6, 6.07) is 0. The lowest BCUT2D eigenvalue weighted by molar-refractivity contribution is 0.160. The van der Waals surface area contributed by atoms with E-state index in [-0.39, 0.29) is 5.54 Å². The molecule has 0 aromatic carbocycles. The second-order valence-electron chi connectivity index (χ2n) is 6.04. The number of rotatable bonds is 6. The summed E-state index contributed by atoms with van der Waals surface area (Å²) < 4.78 is 5.56. The quantitative estimate of drug-likeness (QED) is 0.671. The first-order chi connectivity index (χ1) is 8.09. The lowest BCUT2D eigenvalue weighted by Crippen LogP contribution is -2.27. The minimum absolute atomic E-state index is 0.0549. The maximum atomic E-state index is 5.56. The Labute approximate surface area is 107 Å². The van der Waals surface area contributed by atoms with E-state index in [1.165, 1.54) is 32.1 Å².